The molecule has 0 amide bonds. The fourth-order valence-corrected chi connectivity index (χ4v) is 4.37. The highest BCUT2D eigenvalue weighted by molar-refractivity contribution is 7.18. The van der Waals surface area contributed by atoms with Crippen molar-refractivity contribution >= 4 is 44.9 Å². The highest BCUT2D eigenvalue weighted by atomic mass is 35.5. The lowest BCUT2D eigenvalue weighted by molar-refractivity contribution is 0.858. The van der Waals surface area contributed by atoms with Crippen molar-refractivity contribution in [3.8, 4) is 11.1 Å². The van der Waals surface area contributed by atoms with Crippen LogP contribution in [0.2, 0.25) is 5.02 Å². The summed E-state index contributed by atoms with van der Waals surface area (Å²) in [6, 6.07) is 18.9. The van der Waals surface area contributed by atoms with Gasteiger partial charge >= 0.3 is 0 Å². The van der Waals surface area contributed by atoms with Crippen LogP contribution in [0.1, 0.15) is 16.9 Å². The molecule has 0 aliphatic rings. The highest BCUT2D eigenvalue weighted by Gasteiger charge is 2.11. The maximum Gasteiger partial charge on any atom is 0.228 e. The number of thiophene rings is 1. The van der Waals surface area contributed by atoms with Crippen LogP contribution in [0.3, 0.4) is 0 Å². The summed E-state index contributed by atoms with van der Waals surface area (Å²) in [5.74, 6) is 1.66. The first-order valence-corrected chi connectivity index (χ1v) is 11.2. The number of halogens is 1. The molecule has 0 bridgehead atoms. The van der Waals surface area contributed by atoms with E-state index >= 15 is 0 Å². The monoisotopic (exact) mass is 436 g/mol. The van der Waals surface area contributed by atoms with Crippen molar-refractivity contribution < 1.29 is 0 Å². The largest absolute Gasteiger partial charge is 0.369 e. The highest BCUT2D eigenvalue weighted by Crippen LogP contribution is 2.30. The van der Waals surface area contributed by atoms with Crippen LogP contribution in [0.15, 0.2) is 54.6 Å². The van der Waals surface area contributed by atoms with Crippen molar-refractivity contribution in [1.82, 2.24) is 9.97 Å². The molecule has 0 aliphatic heterocycles. The molecule has 6 heteroatoms. The summed E-state index contributed by atoms with van der Waals surface area (Å²) in [6.45, 7) is 2.98. The van der Waals surface area contributed by atoms with Gasteiger partial charge < -0.3 is 10.2 Å². The summed E-state index contributed by atoms with van der Waals surface area (Å²) >= 11 is 7.69. The van der Waals surface area contributed by atoms with Gasteiger partial charge in [0.15, 0.2) is 0 Å². The third-order valence-electron chi connectivity index (χ3n) is 4.97. The summed E-state index contributed by atoms with van der Waals surface area (Å²) < 4.78 is 0. The van der Waals surface area contributed by atoms with Crippen molar-refractivity contribution in [1.29, 1.82) is 0 Å². The number of nitrogens with one attached hydrogen (secondary N) is 1. The summed E-state index contributed by atoms with van der Waals surface area (Å²) in [5.41, 5.74) is 3.73. The average molecular weight is 437 g/mol. The van der Waals surface area contributed by atoms with E-state index < -0.39 is 0 Å². The van der Waals surface area contributed by atoms with Crippen LogP contribution in [0.5, 0.6) is 0 Å². The van der Waals surface area contributed by atoms with E-state index in [2.05, 4.69) is 59.7 Å². The zero-order chi connectivity index (χ0) is 21.1. The van der Waals surface area contributed by atoms with Gasteiger partial charge in [-0.15, -0.1) is 11.3 Å². The second-order valence-corrected chi connectivity index (χ2v) is 9.25. The molecule has 0 aliphatic carbocycles. The molecule has 0 fully saturated rings. The van der Waals surface area contributed by atoms with Gasteiger partial charge in [-0.2, -0.15) is 4.98 Å². The molecule has 1 N–H and O–H groups in total. The number of aryl methyl sites for hydroxylation is 2. The normalized spacial score (nSPS) is 11.1. The van der Waals surface area contributed by atoms with E-state index in [9.17, 15) is 0 Å². The minimum Gasteiger partial charge on any atom is -0.369 e. The summed E-state index contributed by atoms with van der Waals surface area (Å²) in [6.07, 6.45) is 2.05. The molecule has 0 saturated carbocycles. The SMILES string of the molecule is Cc1cc2c(NCCCc3ccc(-c4ccc(Cl)cc4)cc3)nc(N(C)C)nc2s1. The van der Waals surface area contributed by atoms with E-state index in [1.807, 2.05) is 31.1 Å². The Hall–Kier alpha value is -2.63. The van der Waals surface area contributed by atoms with Crippen LogP contribution in [0.25, 0.3) is 21.3 Å². The van der Waals surface area contributed by atoms with Gasteiger partial charge in [-0.25, -0.2) is 4.98 Å². The Labute approximate surface area is 186 Å². The van der Waals surface area contributed by atoms with E-state index in [1.54, 1.807) is 11.3 Å². The topological polar surface area (TPSA) is 41.1 Å². The average Bonchev–Trinajstić information content (AvgIpc) is 3.12. The first-order valence-electron chi connectivity index (χ1n) is 10.0. The third kappa shape index (κ3) is 4.74. The van der Waals surface area contributed by atoms with Gasteiger partial charge in [-0.1, -0.05) is 48.0 Å². The molecule has 0 spiro atoms. The van der Waals surface area contributed by atoms with Crippen molar-refractivity contribution in [2.45, 2.75) is 19.8 Å². The fourth-order valence-electron chi connectivity index (χ4n) is 3.37. The van der Waals surface area contributed by atoms with Gasteiger partial charge in [0.05, 0.1) is 5.39 Å². The number of anilines is 2. The van der Waals surface area contributed by atoms with Crippen molar-refractivity contribution in [2.24, 2.45) is 0 Å². The minimum atomic E-state index is 0.740. The molecule has 4 aromatic rings. The second-order valence-electron chi connectivity index (χ2n) is 7.58. The number of benzene rings is 2. The van der Waals surface area contributed by atoms with Gasteiger partial charge in [-0.05, 0) is 54.7 Å². The van der Waals surface area contributed by atoms with Crippen LogP contribution in [-0.2, 0) is 6.42 Å². The van der Waals surface area contributed by atoms with Gasteiger partial charge in [-0.3, -0.25) is 0 Å². The smallest absolute Gasteiger partial charge is 0.228 e. The lowest BCUT2D eigenvalue weighted by atomic mass is 10.0. The Morgan fingerprint density at radius 2 is 1.63 bits per heavy atom. The summed E-state index contributed by atoms with van der Waals surface area (Å²) in [7, 11) is 3.94. The maximum atomic E-state index is 5.98. The molecule has 2 aromatic heterocycles. The lowest BCUT2D eigenvalue weighted by Crippen LogP contribution is -2.14. The van der Waals surface area contributed by atoms with Crippen LogP contribution in [0, 0.1) is 6.92 Å². The number of hydrogen-bond donors (Lipinski definition) is 1. The minimum absolute atomic E-state index is 0.740. The van der Waals surface area contributed by atoms with Gasteiger partial charge in [0.25, 0.3) is 0 Å². The number of aromatic nitrogens is 2. The predicted molar refractivity (Wildman–Crippen MR) is 130 cm³/mol. The second kappa shape index (κ2) is 9.02. The molecular weight excluding hydrogens is 412 g/mol. The first kappa shape index (κ1) is 20.6. The van der Waals surface area contributed by atoms with Crippen LogP contribution >= 0.6 is 22.9 Å². The predicted octanol–water partition coefficient (Wildman–Crippen LogP) is 6.43. The molecule has 0 saturated heterocycles. The Kier molecular flexibility index (Phi) is 6.21. The molecule has 4 rings (SSSR count). The van der Waals surface area contributed by atoms with E-state index in [4.69, 9.17) is 16.6 Å². The molecule has 4 nitrogen and oxygen atoms in total. The number of fused-ring (bicyclic) bond motifs is 1. The molecule has 0 unspecified atom stereocenters. The van der Waals surface area contributed by atoms with Crippen LogP contribution < -0.4 is 10.2 Å². The molecule has 0 radical (unpaired) electrons. The molecule has 2 aromatic carbocycles. The number of rotatable bonds is 7. The Bertz CT molecular complexity index is 1130. The zero-order valence-electron chi connectivity index (χ0n) is 17.4. The van der Waals surface area contributed by atoms with E-state index in [1.165, 1.54) is 21.6 Å². The maximum absolute atomic E-state index is 5.98. The Morgan fingerprint density at radius 3 is 2.30 bits per heavy atom. The van der Waals surface area contributed by atoms with E-state index in [0.717, 1.165) is 46.4 Å². The molecule has 154 valence electrons. The zero-order valence-corrected chi connectivity index (χ0v) is 19.0. The Balaban J connectivity index is 1.37. The van der Waals surface area contributed by atoms with Gasteiger partial charge in [0.2, 0.25) is 5.95 Å². The Morgan fingerprint density at radius 1 is 0.967 bits per heavy atom. The van der Waals surface area contributed by atoms with Gasteiger partial charge in [0, 0.05) is 30.5 Å². The van der Waals surface area contributed by atoms with E-state index in [0.29, 0.717) is 0 Å². The molecule has 0 atom stereocenters. The van der Waals surface area contributed by atoms with E-state index in [-0.39, 0.29) is 0 Å². The number of nitrogens with zero attached hydrogens (tertiary/aromatic N) is 3. The molecule has 2 heterocycles. The van der Waals surface area contributed by atoms with Crippen LogP contribution in [0.4, 0.5) is 11.8 Å². The third-order valence-corrected chi connectivity index (χ3v) is 6.17. The lowest BCUT2D eigenvalue weighted by Gasteiger charge is -2.13. The van der Waals surface area contributed by atoms with Crippen molar-refractivity contribution in [3.63, 3.8) is 0 Å². The standard InChI is InChI=1S/C24H25ClN4S/c1-16-15-21-22(27-24(29(2)3)28-23(21)30-16)26-14-4-5-17-6-8-18(9-7-17)19-10-12-20(25)13-11-19/h6-13,15H,4-5,14H2,1-3H3,(H,26,27,28). The summed E-state index contributed by atoms with van der Waals surface area (Å²) in [4.78, 5) is 13.6. The fraction of sp³-hybridized carbons (Fsp3) is 0.250. The molecular formula is C24H25ClN4S. The quantitative estimate of drug-likeness (QED) is 0.339. The van der Waals surface area contributed by atoms with Gasteiger partial charge in [0.1, 0.15) is 10.6 Å². The number of hydrogen-bond acceptors (Lipinski definition) is 5. The summed E-state index contributed by atoms with van der Waals surface area (Å²) in [5, 5.41) is 5.40. The van der Waals surface area contributed by atoms with Crippen molar-refractivity contribution in [2.75, 3.05) is 30.9 Å². The van der Waals surface area contributed by atoms with Crippen molar-refractivity contribution in [3.05, 3.63) is 70.1 Å². The first-order chi connectivity index (χ1) is 14.5. The molecule has 30 heavy (non-hydrogen) atoms. The van der Waals surface area contributed by atoms with Crippen LogP contribution in [-0.4, -0.2) is 30.6 Å².